The zero-order valence-electron chi connectivity index (χ0n) is 8.56. The molecule has 0 N–H and O–H groups in total. The first kappa shape index (κ1) is 9.86. The van der Waals surface area contributed by atoms with E-state index in [0.717, 1.165) is 16.7 Å². The van der Waals surface area contributed by atoms with Gasteiger partial charge in [0.2, 0.25) is 0 Å². The Bertz CT molecular complexity index is 451. The van der Waals surface area contributed by atoms with E-state index in [9.17, 15) is 10.1 Å². The Morgan fingerprint density at radius 3 is 2.80 bits per heavy atom. The molecule has 0 bridgehead atoms. The fraction of sp³-hybridized carbons (Fsp3) is 0.273. The quantitative estimate of drug-likeness (QED) is 0.551. The maximum Gasteiger partial charge on any atom is 0.269 e. The van der Waals surface area contributed by atoms with Crippen LogP contribution < -0.4 is 0 Å². The van der Waals surface area contributed by atoms with Crippen molar-refractivity contribution in [1.29, 1.82) is 0 Å². The van der Waals surface area contributed by atoms with Crippen molar-refractivity contribution >= 4 is 11.8 Å². The maximum atomic E-state index is 10.6. The molecule has 0 fully saturated rings. The second-order valence-corrected chi connectivity index (χ2v) is 3.57. The van der Waals surface area contributed by atoms with Crippen LogP contribution >= 0.6 is 0 Å². The Morgan fingerprint density at radius 2 is 2.20 bits per heavy atom. The fourth-order valence-electron chi connectivity index (χ4n) is 1.91. The van der Waals surface area contributed by atoms with Crippen LogP contribution in [0.25, 0.3) is 6.08 Å². The van der Waals surface area contributed by atoms with Crippen LogP contribution in [0, 0.1) is 10.1 Å². The SMILES string of the molecule is COC1C(C)=Cc2ccc([N+](=O)[O-])cc21. The predicted octanol–water partition coefficient (Wildman–Crippen LogP) is 2.70. The lowest BCUT2D eigenvalue weighted by molar-refractivity contribution is -0.385. The van der Waals surface area contributed by atoms with Gasteiger partial charge in [-0.1, -0.05) is 6.08 Å². The van der Waals surface area contributed by atoms with Gasteiger partial charge in [-0.2, -0.15) is 0 Å². The van der Waals surface area contributed by atoms with Crippen molar-refractivity contribution in [2.24, 2.45) is 0 Å². The first-order valence-electron chi connectivity index (χ1n) is 4.63. The summed E-state index contributed by atoms with van der Waals surface area (Å²) in [6, 6.07) is 4.85. The fourth-order valence-corrected chi connectivity index (χ4v) is 1.91. The number of rotatable bonds is 2. The van der Waals surface area contributed by atoms with Crippen molar-refractivity contribution in [3.63, 3.8) is 0 Å². The van der Waals surface area contributed by atoms with Crippen molar-refractivity contribution in [2.75, 3.05) is 7.11 Å². The van der Waals surface area contributed by atoms with Crippen LogP contribution in [0.2, 0.25) is 0 Å². The Labute approximate surface area is 87.3 Å². The minimum absolute atomic E-state index is 0.110. The van der Waals surface area contributed by atoms with Crippen LogP contribution in [-0.2, 0) is 4.74 Å². The number of hydrogen-bond acceptors (Lipinski definition) is 3. The monoisotopic (exact) mass is 205 g/mol. The van der Waals surface area contributed by atoms with Crippen molar-refractivity contribution in [3.8, 4) is 0 Å². The van der Waals surface area contributed by atoms with Crippen LogP contribution in [0.3, 0.4) is 0 Å². The van der Waals surface area contributed by atoms with E-state index in [0.29, 0.717) is 0 Å². The third-order valence-corrected chi connectivity index (χ3v) is 2.60. The molecule has 0 saturated heterocycles. The van der Waals surface area contributed by atoms with Gasteiger partial charge in [0, 0.05) is 19.2 Å². The Balaban J connectivity index is 2.49. The number of non-ortho nitro benzene ring substituents is 1. The molecule has 0 saturated carbocycles. The molecule has 1 aliphatic carbocycles. The number of methoxy groups -OCH3 is 1. The van der Waals surface area contributed by atoms with Crippen LogP contribution in [-0.4, -0.2) is 12.0 Å². The number of fused-ring (bicyclic) bond motifs is 1. The van der Waals surface area contributed by atoms with Crippen LogP contribution in [0.15, 0.2) is 23.8 Å². The Hall–Kier alpha value is -1.68. The van der Waals surface area contributed by atoms with Crippen LogP contribution in [0.4, 0.5) is 5.69 Å². The first-order valence-corrected chi connectivity index (χ1v) is 4.63. The summed E-state index contributed by atoms with van der Waals surface area (Å²) in [5, 5.41) is 10.6. The predicted molar refractivity (Wildman–Crippen MR) is 56.5 cm³/mol. The summed E-state index contributed by atoms with van der Waals surface area (Å²) in [6.07, 6.45) is 1.85. The molecular formula is C11H11NO3. The molecule has 0 amide bonds. The Kier molecular flexibility index (Phi) is 2.28. The van der Waals surface area contributed by atoms with E-state index in [4.69, 9.17) is 4.74 Å². The maximum absolute atomic E-state index is 10.6. The van der Waals surface area contributed by atoms with Crippen molar-refractivity contribution in [1.82, 2.24) is 0 Å². The number of hydrogen-bond donors (Lipinski definition) is 0. The van der Waals surface area contributed by atoms with Gasteiger partial charge in [0.05, 0.1) is 4.92 Å². The lowest BCUT2D eigenvalue weighted by Gasteiger charge is -2.11. The zero-order chi connectivity index (χ0) is 11.0. The van der Waals surface area contributed by atoms with Gasteiger partial charge in [-0.15, -0.1) is 0 Å². The topological polar surface area (TPSA) is 52.4 Å². The van der Waals surface area contributed by atoms with Crippen LogP contribution in [0.5, 0.6) is 0 Å². The van der Waals surface area contributed by atoms with E-state index in [-0.39, 0.29) is 16.7 Å². The lowest BCUT2D eigenvalue weighted by Crippen LogP contribution is -2.00. The van der Waals surface area contributed by atoms with E-state index in [1.165, 1.54) is 6.07 Å². The molecule has 15 heavy (non-hydrogen) atoms. The smallest absolute Gasteiger partial charge is 0.269 e. The summed E-state index contributed by atoms with van der Waals surface area (Å²) in [5.74, 6) is 0. The highest BCUT2D eigenvalue weighted by atomic mass is 16.6. The molecule has 0 heterocycles. The molecule has 1 aromatic carbocycles. The van der Waals surface area contributed by atoms with Crippen LogP contribution in [0.1, 0.15) is 24.2 Å². The number of ether oxygens (including phenoxy) is 1. The molecule has 4 heteroatoms. The van der Waals surface area contributed by atoms with E-state index in [1.54, 1.807) is 19.2 Å². The summed E-state index contributed by atoms with van der Waals surface area (Å²) < 4.78 is 5.29. The third kappa shape index (κ3) is 1.53. The highest BCUT2D eigenvalue weighted by molar-refractivity contribution is 5.67. The number of benzene rings is 1. The van der Waals surface area contributed by atoms with Gasteiger partial charge in [0.15, 0.2) is 0 Å². The van der Waals surface area contributed by atoms with Crippen molar-refractivity contribution in [3.05, 3.63) is 45.0 Å². The summed E-state index contributed by atoms with van der Waals surface area (Å²) >= 11 is 0. The molecular weight excluding hydrogens is 194 g/mol. The van der Waals surface area contributed by atoms with E-state index in [2.05, 4.69) is 0 Å². The minimum Gasteiger partial charge on any atom is -0.372 e. The molecule has 4 nitrogen and oxygen atoms in total. The third-order valence-electron chi connectivity index (χ3n) is 2.60. The van der Waals surface area contributed by atoms with Gasteiger partial charge in [-0.25, -0.2) is 0 Å². The average Bonchev–Trinajstić information content (AvgIpc) is 2.51. The molecule has 1 unspecified atom stereocenters. The number of nitro benzene ring substituents is 1. The number of nitro groups is 1. The molecule has 0 spiro atoms. The highest BCUT2D eigenvalue weighted by Gasteiger charge is 2.24. The van der Waals surface area contributed by atoms with E-state index in [1.807, 2.05) is 13.0 Å². The van der Waals surface area contributed by atoms with Gasteiger partial charge in [0.1, 0.15) is 6.10 Å². The second kappa shape index (κ2) is 3.47. The molecule has 1 atom stereocenters. The van der Waals surface area contributed by atoms with Gasteiger partial charge < -0.3 is 4.74 Å². The van der Waals surface area contributed by atoms with Gasteiger partial charge in [-0.05, 0) is 29.7 Å². The van der Waals surface area contributed by atoms with Gasteiger partial charge in [0.25, 0.3) is 5.69 Å². The van der Waals surface area contributed by atoms with Crippen molar-refractivity contribution in [2.45, 2.75) is 13.0 Å². The molecule has 1 aromatic rings. The lowest BCUT2D eigenvalue weighted by atomic mass is 10.1. The van der Waals surface area contributed by atoms with E-state index < -0.39 is 0 Å². The molecule has 1 aliphatic rings. The van der Waals surface area contributed by atoms with Crippen molar-refractivity contribution < 1.29 is 9.66 Å². The zero-order valence-corrected chi connectivity index (χ0v) is 8.56. The molecule has 0 aliphatic heterocycles. The Morgan fingerprint density at radius 1 is 1.47 bits per heavy atom. The summed E-state index contributed by atoms with van der Waals surface area (Å²) in [7, 11) is 1.61. The molecule has 0 radical (unpaired) electrons. The highest BCUT2D eigenvalue weighted by Crippen LogP contribution is 2.37. The minimum atomic E-state index is -0.388. The largest absolute Gasteiger partial charge is 0.372 e. The van der Waals surface area contributed by atoms with E-state index >= 15 is 0 Å². The molecule has 2 rings (SSSR count). The standard InChI is InChI=1S/C11H11NO3/c1-7-5-8-3-4-9(12(13)14)6-10(8)11(7)15-2/h3-6,11H,1-2H3. The summed E-state index contributed by atoms with van der Waals surface area (Å²) in [5.41, 5.74) is 3.07. The second-order valence-electron chi connectivity index (χ2n) is 3.57. The first-order chi connectivity index (χ1) is 7.13. The summed E-state index contributed by atoms with van der Waals surface area (Å²) in [4.78, 5) is 10.2. The van der Waals surface area contributed by atoms with Gasteiger partial charge in [-0.3, -0.25) is 10.1 Å². The van der Waals surface area contributed by atoms with Gasteiger partial charge >= 0.3 is 0 Å². The average molecular weight is 205 g/mol. The number of nitrogens with zero attached hydrogens (tertiary/aromatic N) is 1. The summed E-state index contributed by atoms with van der Waals surface area (Å²) in [6.45, 7) is 1.96. The molecule has 0 aromatic heterocycles. The molecule has 78 valence electrons. The normalized spacial score (nSPS) is 18.5.